The minimum absolute atomic E-state index is 0.222. The quantitative estimate of drug-likeness (QED) is 0.247. The minimum atomic E-state index is -0.340. The number of amides is 2. The zero-order chi connectivity index (χ0) is 19.5. The molecule has 0 fully saturated rings. The molecule has 2 aromatic heterocycles. The highest BCUT2D eigenvalue weighted by atomic mass is 16.2. The van der Waals surface area contributed by atoms with E-state index in [0.29, 0.717) is 49.2 Å². The zero-order valence-corrected chi connectivity index (χ0v) is 14.9. The molecule has 0 radical (unpaired) electrons. The summed E-state index contributed by atoms with van der Waals surface area (Å²) in [6.07, 6.45) is 2.87. The molecule has 2 rings (SSSR count). The predicted octanol–water partition coefficient (Wildman–Crippen LogP) is -0.212. The van der Waals surface area contributed by atoms with Gasteiger partial charge >= 0.3 is 0 Å². The summed E-state index contributed by atoms with van der Waals surface area (Å²) >= 11 is 0. The highest BCUT2D eigenvalue weighted by Gasteiger charge is 2.08. The smallest absolute Gasteiger partial charge is 0.229 e. The zero-order valence-electron chi connectivity index (χ0n) is 14.9. The Morgan fingerprint density at radius 1 is 0.741 bits per heavy atom. The number of nitrogen functional groups attached to an aromatic ring is 2. The van der Waals surface area contributed by atoms with Gasteiger partial charge in [0.25, 0.3) is 0 Å². The van der Waals surface area contributed by atoms with Crippen molar-refractivity contribution in [1.82, 2.24) is 20.6 Å². The second kappa shape index (κ2) is 10.4. The number of carbonyl (C=O) groups excluding carboxylic acids is 2. The number of nitrogens with one attached hydrogen (secondary N) is 4. The molecular formula is C17H24N8O2. The van der Waals surface area contributed by atoms with Crippen molar-refractivity contribution in [3.05, 3.63) is 36.7 Å². The third kappa shape index (κ3) is 7.90. The molecule has 0 aliphatic carbocycles. The Hall–Kier alpha value is -3.56. The topological polar surface area (TPSA) is 160 Å². The van der Waals surface area contributed by atoms with Gasteiger partial charge in [-0.15, -0.1) is 0 Å². The second-order valence-electron chi connectivity index (χ2n) is 5.68. The van der Waals surface area contributed by atoms with E-state index in [0.717, 1.165) is 0 Å². The van der Waals surface area contributed by atoms with Crippen LogP contribution in [0.2, 0.25) is 0 Å². The van der Waals surface area contributed by atoms with Crippen molar-refractivity contribution in [2.75, 3.05) is 48.3 Å². The number of aromatic nitrogens is 2. The predicted molar refractivity (Wildman–Crippen MR) is 105 cm³/mol. The van der Waals surface area contributed by atoms with E-state index in [-0.39, 0.29) is 18.2 Å². The molecule has 2 aromatic rings. The first-order chi connectivity index (χ1) is 13.0. The van der Waals surface area contributed by atoms with E-state index in [1.54, 1.807) is 36.7 Å². The monoisotopic (exact) mass is 372 g/mol. The summed E-state index contributed by atoms with van der Waals surface area (Å²) < 4.78 is 0. The summed E-state index contributed by atoms with van der Waals surface area (Å²) in [5.74, 6) is 0.652. The van der Waals surface area contributed by atoms with Crippen LogP contribution in [-0.2, 0) is 9.59 Å². The van der Waals surface area contributed by atoms with Gasteiger partial charge in [-0.25, -0.2) is 9.97 Å². The lowest BCUT2D eigenvalue weighted by atomic mass is 10.3. The Morgan fingerprint density at radius 2 is 1.19 bits per heavy atom. The standard InChI is InChI=1S/C17H24N8O2/c18-12-1-3-14(24-10-12)20-5-7-22-16(26)9-17(27)23-8-6-21-15-4-2-13(19)11-25-15/h1-4,10-11H,5-9,18-19H2,(H,20,24)(H,21,25)(H,22,26)(H,23,27). The largest absolute Gasteiger partial charge is 0.397 e. The first-order valence-electron chi connectivity index (χ1n) is 8.47. The maximum Gasteiger partial charge on any atom is 0.229 e. The van der Waals surface area contributed by atoms with E-state index in [2.05, 4.69) is 31.2 Å². The first kappa shape index (κ1) is 19.8. The Morgan fingerprint density at radius 3 is 1.56 bits per heavy atom. The summed E-state index contributed by atoms with van der Waals surface area (Å²) in [7, 11) is 0. The average molecular weight is 372 g/mol. The van der Waals surface area contributed by atoms with Crippen LogP contribution >= 0.6 is 0 Å². The number of carbonyl (C=O) groups is 2. The third-order valence-electron chi connectivity index (χ3n) is 3.40. The Balaban J connectivity index is 1.52. The van der Waals surface area contributed by atoms with Gasteiger partial charge in [0.1, 0.15) is 18.1 Å². The van der Waals surface area contributed by atoms with Gasteiger partial charge in [0.2, 0.25) is 11.8 Å². The Kier molecular flexibility index (Phi) is 7.64. The van der Waals surface area contributed by atoms with Gasteiger partial charge in [0, 0.05) is 26.2 Å². The van der Waals surface area contributed by atoms with E-state index >= 15 is 0 Å². The van der Waals surface area contributed by atoms with Gasteiger partial charge in [0.15, 0.2) is 0 Å². The van der Waals surface area contributed by atoms with Crippen molar-refractivity contribution >= 4 is 34.8 Å². The Labute approximate surface area is 157 Å². The van der Waals surface area contributed by atoms with Gasteiger partial charge in [0.05, 0.1) is 23.8 Å². The molecule has 0 atom stereocenters. The summed E-state index contributed by atoms with van der Waals surface area (Å²) in [6, 6.07) is 6.96. The number of nitrogens with zero attached hydrogens (tertiary/aromatic N) is 2. The van der Waals surface area contributed by atoms with Gasteiger partial charge in [-0.3, -0.25) is 9.59 Å². The fourth-order valence-electron chi connectivity index (χ4n) is 2.08. The number of anilines is 4. The molecule has 0 saturated carbocycles. The molecular weight excluding hydrogens is 348 g/mol. The fraction of sp³-hybridized carbons (Fsp3) is 0.294. The second-order valence-corrected chi connectivity index (χ2v) is 5.68. The van der Waals surface area contributed by atoms with Crippen LogP contribution in [0.4, 0.5) is 23.0 Å². The van der Waals surface area contributed by atoms with Crippen molar-refractivity contribution in [2.24, 2.45) is 0 Å². The molecule has 10 heteroatoms. The molecule has 0 bridgehead atoms. The van der Waals surface area contributed by atoms with Gasteiger partial charge in [-0.2, -0.15) is 0 Å². The van der Waals surface area contributed by atoms with Gasteiger partial charge in [-0.05, 0) is 24.3 Å². The van der Waals surface area contributed by atoms with E-state index in [1.807, 2.05) is 0 Å². The van der Waals surface area contributed by atoms with Crippen molar-refractivity contribution in [3.8, 4) is 0 Å². The highest BCUT2D eigenvalue weighted by molar-refractivity contribution is 5.96. The Bertz CT molecular complexity index is 670. The summed E-state index contributed by atoms with van der Waals surface area (Å²) in [4.78, 5) is 31.6. The number of pyridine rings is 2. The van der Waals surface area contributed by atoms with Crippen LogP contribution in [0.15, 0.2) is 36.7 Å². The number of hydrogen-bond donors (Lipinski definition) is 6. The maximum atomic E-state index is 11.7. The first-order valence-corrected chi connectivity index (χ1v) is 8.47. The highest BCUT2D eigenvalue weighted by Crippen LogP contribution is 2.05. The number of nitrogens with two attached hydrogens (primary N) is 2. The molecule has 27 heavy (non-hydrogen) atoms. The van der Waals surface area contributed by atoms with Gasteiger partial charge < -0.3 is 32.7 Å². The van der Waals surface area contributed by atoms with Gasteiger partial charge in [-0.1, -0.05) is 0 Å². The number of hydrogen-bond acceptors (Lipinski definition) is 8. The SMILES string of the molecule is Nc1ccc(NCCNC(=O)CC(=O)NCCNc2ccc(N)cn2)nc1. The molecule has 2 amide bonds. The van der Waals surface area contributed by atoms with E-state index in [1.165, 1.54) is 0 Å². The van der Waals surface area contributed by atoms with Crippen LogP contribution in [0, 0.1) is 0 Å². The fourth-order valence-corrected chi connectivity index (χ4v) is 2.08. The van der Waals surface area contributed by atoms with Crippen LogP contribution in [0.25, 0.3) is 0 Å². The molecule has 0 aliphatic heterocycles. The van der Waals surface area contributed by atoms with Crippen LogP contribution in [-0.4, -0.2) is 48.0 Å². The average Bonchev–Trinajstić information content (AvgIpc) is 2.65. The molecule has 0 aliphatic rings. The van der Waals surface area contributed by atoms with E-state index < -0.39 is 0 Å². The normalized spacial score (nSPS) is 10.1. The summed E-state index contributed by atoms with van der Waals surface area (Å²) in [6.45, 7) is 1.73. The lowest BCUT2D eigenvalue weighted by molar-refractivity contribution is -0.129. The lowest BCUT2D eigenvalue weighted by Crippen LogP contribution is -2.35. The minimum Gasteiger partial charge on any atom is -0.397 e. The summed E-state index contributed by atoms with van der Waals surface area (Å²) in [5.41, 5.74) is 12.3. The van der Waals surface area contributed by atoms with Crippen LogP contribution in [0.1, 0.15) is 6.42 Å². The van der Waals surface area contributed by atoms with Crippen LogP contribution < -0.4 is 32.7 Å². The molecule has 0 aromatic carbocycles. The molecule has 0 saturated heterocycles. The summed E-state index contributed by atoms with van der Waals surface area (Å²) in [5, 5.41) is 11.4. The molecule has 8 N–H and O–H groups in total. The third-order valence-corrected chi connectivity index (χ3v) is 3.40. The van der Waals surface area contributed by atoms with Crippen molar-refractivity contribution < 1.29 is 9.59 Å². The molecule has 0 spiro atoms. The van der Waals surface area contributed by atoms with Crippen LogP contribution in [0.5, 0.6) is 0 Å². The van der Waals surface area contributed by atoms with Crippen molar-refractivity contribution in [1.29, 1.82) is 0 Å². The molecule has 0 unspecified atom stereocenters. The lowest BCUT2D eigenvalue weighted by Gasteiger charge is -2.09. The van der Waals surface area contributed by atoms with E-state index in [9.17, 15) is 9.59 Å². The number of rotatable bonds is 10. The van der Waals surface area contributed by atoms with Crippen molar-refractivity contribution in [3.63, 3.8) is 0 Å². The maximum absolute atomic E-state index is 11.7. The van der Waals surface area contributed by atoms with Crippen LogP contribution in [0.3, 0.4) is 0 Å². The molecule has 2 heterocycles. The van der Waals surface area contributed by atoms with Crippen molar-refractivity contribution in [2.45, 2.75) is 6.42 Å². The molecule has 10 nitrogen and oxygen atoms in total. The van der Waals surface area contributed by atoms with E-state index in [4.69, 9.17) is 11.5 Å². The molecule has 144 valence electrons.